The van der Waals surface area contributed by atoms with E-state index in [0.717, 1.165) is 18.9 Å². The highest BCUT2D eigenvalue weighted by Crippen LogP contribution is 2.33. The van der Waals surface area contributed by atoms with Gasteiger partial charge in [0.2, 0.25) is 0 Å². The number of aryl methyl sites for hydroxylation is 1. The Morgan fingerprint density at radius 3 is 2.52 bits per heavy atom. The van der Waals surface area contributed by atoms with E-state index in [2.05, 4.69) is 5.10 Å². The van der Waals surface area contributed by atoms with Crippen LogP contribution in [0, 0.1) is 0 Å². The standard InChI is InChI=1S/C17H20F3N3O2/c1-2-3-7-10-23-13(11-14(22-23)17(18,19)20)15(25-16(21)24)12-8-5-4-6-9-12/h4-6,8-9,11,15H,2-3,7,10H2,1H3,(H2,21,24). The third-order valence-corrected chi connectivity index (χ3v) is 3.68. The predicted octanol–water partition coefficient (Wildman–Crippen LogP) is 4.28. The Morgan fingerprint density at radius 1 is 1.28 bits per heavy atom. The number of ether oxygens (including phenoxy) is 1. The van der Waals surface area contributed by atoms with E-state index in [1.54, 1.807) is 30.3 Å². The maximum absolute atomic E-state index is 13.1. The van der Waals surface area contributed by atoms with Gasteiger partial charge in [0.25, 0.3) is 0 Å². The van der Waals surface area contributed by atoms with Crippen molar-refractivity contribution in [1.29, 1.82) is 0 Å². The fourth-order valence-electron chi connectivity index (χ4n) is 2.51. The van der Waals surface area contributed by atoms with Gasteiger partial charge in [-0.1, -0.05) is 50.1 Å². The van der Waals surface area contributed by atoms with Gasteiger partial charge < -0.3 is 10.5 Å². The average molecular weight is 355 g/mol. The second-order valence-corrected chi connectivity index (χ2v) is 5.61. The van der Waals surface area contributed by atoms with Crippen molar-refractivity contribution in [2.45, 2.75) is 45.0 Å². The van der Waals surface area contributed by atoms with E-state index in [1.807, 2.05) is 6.92 Å². The first kappa shape index (κ1) is 18.8. The Labute approximate surface area is 143 Å². The molecule has 8 heteroatoms. The van der Waals surface area contributed by atoms with E-state index in [1.165, 1.54) is 4.68 Å². The third-order valence-electron chi connectivity index (χ3n) is 3.68. The number of nitrogens with zero attached hydrogens (tertiary/aromatic N) is 2. The van der Waals surface area contributed by atoms with E-state index in [-0.39, 0.29) is 5.69 Å². The molecule has 0 aliphatic rings. The molecule has 0 saturated heterocycles. The van der Waals surface area contributed by atoms with Gasteiger partial charge in [-0.05, 0) is 18.1 Å². The molecule has 2 rings (SSSR count). The van der Waals surface area contributed by atoms with E-state index >= 15 is 0 Å². The molecule has 0 saturated carbocycles. The van der Waals surface area contributed by atoms with Crippen LogP contribution in [0.3, 0.4) is 0 Å². The number of hydrogen-bond acceptors (Lipinski definition) is 3. The lowest BCUT2D eigenvalue weighted by molar-refractivity contribution is -0.141. The summed E-state index contributed by atoms with van der Waals surface area (Å²) in [6, 6.07) is 9.38. The minimum absolute atomic E-state index is 0.147. The van der Waals surface area contributed by atoms with Crippen LogP contribution in [-0.2, 0) is 17.5 Å². The van der Waals surface area contributed by atoms with E-state index in [9.17, 15) is 18.0 Å². The number of primary amides is 1. The number of nitrogens with two attached hydrogens (primary N) is 1. The van der Waals surface area contributed by atoms with E-state index in [0.29, 0.717) is 18.5 Å². The summed E-state index contributed by atoms with van der Waals surface area (Å²) in [7, 11) is 0. The largest absolute Gasteiger partial charge is 0.435 e. The van der Waals surface area contributed by atoms with Crippen molar-refractivity contribution in [3.05, 3.63) is 53.3 Å². The van der Waals surface area contributed by atoms with Crippen LogP contribution in [0.25, 0.3) is 0 Å². The molecule has 1 atom stereocenters. The second-order valence-electron chi connectivity index (χ2n) is 5.61. The van der Waals surface area contributed by atoms with Gasteiger partial charge in [0.1, 0.15) is 0 Å². The number of halogens is 3. The van der Waals surface area contributed by atoms with E-state index < -0.39 is 24.1 Å². The topological polar surface area (TPSA) is 70.1 Å². The minimum atomic E-state index is -4.58. The highest BCUT2D eigenvalue weighted by molar-refractivity contribution is 5.65. The molecule has 0 radical (unpaired) electrons. The molecule has 1 heterocycles. The molecule has 5 nitrogen and oxygen atoms in total. The first-order chi connectivity index (χ1) is 11.8. The molecule has 1 amide bonds. The first-order valence-corrected chi connectivity index (χ1v) is 7.99. The van der Waals surface area contributed by atoms with Crippen LogP contribution in [-0.4, -0.2) is 15.9 Å². The summed E-state index contributed by atoms with van der Waals surface area (Å²) in [5.41, 5.74) is 4.77. The fourth-order valence-corrected chi connectivity index (χ4v) is 2.51. The summed E-state index contributed by atoms with van der Waals surface area (Å²) in [6.07, 6.45) is -4.26. The van der Waals surface area contributed by atoms with Gasteiger partial charge >= 0.3 is 12.3 Å². The smallest absolute Gasteiger partial charge is 0.435 e. The van der Waals surface area contributed by atoms with Crippen molar-refractivity contribution >= 4 is 6.09 Å². The lowest BCUT2D eigenvalue weighted by Crippen LogP contribution is -2.21. The summed E-state index contributed by atoms with van der Waals surface area (Å²) in [5, 5.41) is 3.67. The molecular weight excluding hydrogens is 335 g/mol. The fraction of sp³-hybridized carbons (Fsp3) is 0.412. The highest BCUT2D eigenvalue weighted by atomic mass is 19.4. The van der Waals surface area contributed by atoms with Gasteiger partial charge in [-0.25, -0.2) is 4.79 Å². The van der Waals surface area contributed by atoms with Gasteiger partial charge in [-0.2, -0.15) is 18.3 Å². The number of carbonyl (C=O) groups is 1. The molecule has 1 aromatic carbocycles. The molecule has 0 spiro atoms. The Balaban J connectivity index is 2.46. The summed E-state index contributed by atoms with van der Waals surface area (Å²) >= 11 is 0. The zero-order chi connectivity index (χ0) is 18.4. The Hall–Kier alpha value is -2.51. The van der Waals surface area contributed by atoms with Crippen LogP contribution in [0.4, 0.5) is 18.0 Å². The number of amides is 1. The van der Waals surface area contributed by atoms with Crippen molar-refractivity contribution in [3.8, 4) is 0 Å². The number of carbonyl (C=O) groups excluding carboxylic acids is 1. The zero-order valence-electron chi connectivity index (χ0n) is 13.8. The summed E-state index contributed by atoms with van der Waals surface area (Å²) in [5.74, 6) is 0. The van der Waals surface area contributed by atoms with Gasteiger partial charge in [0, 0.05) is 6.54 Å². The number of unbranched alkanes of at least 4 members (excludes halogenated alkanes) is 2. The highest BCUT2D eigenvalue weighted by Gasteiger charge is 2.36. The third kappa shape index (κ3) is 4.98. The average Bonchev–Trinajstić information content (AvgIpc) is 2.98. The number of alkyl halides is 3. The molecule has 2 aromatic rings. The van der Waals surface area contributed by atoms with Crippen molar-refractivity contribution in [1.82, 2.24) is 9.78 Å². The quantitative estimate of drug-likeness (QED) is 0.754. The van der Waals surface area contributed by atoms with Crippen LogP contribution >= 0.6 is 0 Å². The molecule has 25 heavy (non-hydrogen) atoms. The number of hydrogen-bond donors (Lipinski definition) is 1. The lowest BCUT2D eigenvalue weighted by atomic mass is 10.1. The second kappa shape index (κ2) is 8.04. The molecule has 0 fully saturated rings. The normalized spacial score (nSPS) is 12.8. The van der Waals surface area contributed by atoms with Gasteiger partial charge in [-0.15, -0.1) is 0 Å². The minimum Gasteiger partial charge on any atom is -0.435 e. The van der Waals surface area contributed by atoms with Crippen LogP contribution < -0.4 is 5.73 Å². The summed E-state index contributed by atoms with van der Waals surface area (Å²) < 4.78 is 45.6. The molecule has 1 unspecified atom stereocenters. The number of benzene rings is 1. The first-order valence-electron chi connectivity index (χ1n) is 7.99. The monoisotopic (exact) mass is 355 g/mol. The molecule has 2 N–H and O–H groups in total. The van der Waals surface area contributed by atoms with Crippen LogP contribution in [0.1, 0.15) is 49.2 Å². The van der Waals surface area contributed by atoms with E-state index in [4.69, 9.17) is 10.5 Å². The molecule has 0 aliphatic carbocycles. The Kier molecular flexibility index (Phi) is 6.06. The maximum atomic E-state index is 13.1. The Bertz CT molecular complexity index is 699. The van der Waals surface area contributed by atoms with Crippen molar-refractivity contribution in [2.24, 2.45) is 5.73 Å². The molecule has 1 aromatic heterocycles. The lowest BCUT2D eigenvalue weighted by Gasteiger charge is -2.18. The summed E-state index contributed by atoms with van der Waals surface area (Å²) in [6.45, 7) is 2.29. The maximum Gasteiger partial charge on any atom is 0.435 e. The molecule has 136 valence electrons. The molecular formula is C17H20F3N3O2. The SMILES string of the molecule is CCCCCn1nc(C(F)(F)F)cc1C(OC(N)=O)c1ccccc1. The zero-order valence-corrected chi connectivity index (χ0v) is 13.8. The Morgan fingerprint density at radius 2 is 1.96 bits per heavy atom. The molecule has 0 aliphatic heterocycles. The summed E-state index contributed by atoms with van der Waals surface area (Å²) in [4.78, 5) is 11.3. The number of rotatable bonds is 7. The predicted molar refractivity (Wildman–Crippen MR) is 85.7 cm³/mol. The van der Waals surface area contributed by atoms with Crippen molar-refractivity contribution < 1.29 is 22.7 Å². The van der Waals surface area contributed by atoms with Crippen molar-refractivity contribution in [2.75, 3.05) is 0 Å². The van der Waals surface area contributed by atoms with Gasteiger partial charge in [-0.3, -0.25) is 4.68 Å². The number of aromatic nitrogens is 2. The van der Waals surface area contributed by atoms with Crippen molar-refractivity contribution in [3.63, 3.8) is 0 Å². The van der Waals surface area contributed by atoms with Gasteiger partial charge in [0.15, 0.2) is 11.8 Å². The van der Waals surface area contributed by atoms with Gasteiger partial charge in [0.05, 0.1) is 5.69 Å². The molecule has 0 bridgehead atoms. The van der Waals surface area contributed by atoms with Crippen LogP contribution in [0.5, 0.6) is 0 Å². The van der Waals surface area contributed by atoms with Crippen LogP contribution in [0.2, 0.25) is 0 Å². The van der Waals surface area contributed by atoms with Crippen LogP contribution in [0.15, 0.2) is 36.4 Å².